The lowest BCUT2D eigenvalue weighted by atomic mass is 10.1. The molecule has 0 unspecified atom stereocenters. The van der Waals surface area contributed by atoms with Gasteiger partial charge in [-0.25, -0.2) is 9.18 Å². The highest BCUT2D eigenvalue weighted by Crippen LogP contribution is 2.15. The van der Waals surface area contributed by atoms with E-state index in [0.29, 0.717) is 18.2 Å². The summed E-state index contributed by atoms with van der Waals surface area (Å²) < 4.78 is 13.9. The van der Waals surface area contributed by atoms with Gasteiger partial charge in [-0.3, -0.25) is 4.90 Å². The van der Waals surface area contributed by atoms with E-state index in [-0.39, 0.29) is 5.56 Å². The molecule has 1 rings (SSSR count). The minimum atomic E-state index is -1.10. The largest absolute Gasteiger partial charge is 0.478 e. The smallest absolute Gasteiger partial charge is 0.335 e. The summed E-state index contributed by atoms with van der Waals surface area (Å²) in [5, 5.41) is 8.84. The van der Waals surface area contributed by atoms with E-state index in [0.717, 1.165) is 25.5 Å². The number of hydrogen-bond donors (Lipinski definition) is 1. The number of hydrogen-bond acceptors (Lipinski definition) is 2. The Hall–Kier alpha value is -1.42. The van der Waals surface area contributed by atoms with Gasteiger partial charge in [-0.2, -0.15) is 0 Å². The third kappa shape index (κ3) is 4.93. The number of halogens is 1. The number of carbonyl (C=O) groups is 1. The average Bonchev–Trinajstić information content (AvgIpc) is 2.39. The van der Waals surface area contributed by atoms with Crippen LogP contribution in [0.2, 0.25) is 0 Å². The molecule has 1 aromatic carbocycles. The Bertz CT molecular complexity index is 446. The molecule has 0 spiro atoms. The second-order valence-corrected chi connectivity index (χ2v) is 5.38. The van der Waals surface area contributed by atoms with Crippen molar-refractivity contribution in [1.29, 1.82) is 0 Å². The molecule has 0 aromatic heterocycles. The lowest BCUT2D eigenvalue weighted by molar-refractivity contribution is 0.0696. The Morgan fingerprint density at radius 1 is 1.35 bits per heavy atom. The second-order valence-electron chi connectivity index (χ2n) is 5.38. The van der Waals surface area contributed by atoms with Crippen LogP contribution in [0.15, 0.2) is 18.2 Å². The molecular formula is C16H24FNO2. The summed E-state index contributed by atoms with van der Waals surface area (Å²) in [7, 11) is 0. The van der Waals surface area contributed by atoms with Crippen LogP contribution in [-0.4, -0.2) is 28.6 Å². The van der Waals surface area contributed by atoms with Gasteiger partial charge in [-0.05, 0) is 38.9 Å². The first-order valence-corrected chi connectivity index (χ1v) is 7.21. The molecule has 3 nitrogen and oxygen atoms in total. The van der Waals surface area contributed by atoms with Gasteiger partial charge in [0.1, 0.15) is 5.82 Å². The van der Waals surface area contributed by atoms with E-state index < -0.39 is 11.8 Å². The van der Waals surface area contributed by atoms with Crippen molar-refractivity contribution in [2.45, 2.75) is 52.6 Å². The highest BCUT2D eigenvalue weighted by molar-refractivity contribution is 5.87. The molecule has 4 heteroatoms. The van der Waals surface area contributed by atoms with Gasteiger partial charge in [0.15, 0.2) is 0 Å². The third-order valence-corrected chi connectivity index (χ3v) is 3.45. The Balaban J connectivity index is 2.75. The predicted molar refractivity (Wildman–Crippen MR) is 78.4 cm³/mol. The highest BCUT2D eigenvalue weighted by atomic mass is 19.1. The Labute approximate surface area is 120 Å². The van der Waals surface area contributed by atoms with Crippen molar-refractivity contribution >= 4 is 5.97 Å². The average molecular weight is 281 g/mol. The van der Waals surface area contributed by atoms with Crippen molar-refractivity contribution in [3.05, 3.63) is 35.1 Å². The first-order chi connectivity index (χ1) is 9.45. The fraction of sp³-hybridized carbons (Fsp3) is 0.562. The summed E-state index contributed by atoms with van der Waals surface area (Å²) in [6.07, 6.45) is 3.43. The highest BCUT2D eigenvalue weighted by Gasteiger charge is 2.14. The normalized spacial score (nSPS) is 11.3. The minimum absolute atomic E-state index is 0.00618. The Morgan fingerprint density at radius 2 is 2.05 bits per heavy atom. The Morgan fingerprint density at radius 3 is 2.55 bits per heavy atom. The Kier molecular flexibility index (Phi) is 6.65. The van der Waals surface area contributed by atoms with Gasteiger partial charge in [0, 0.05) is 18.2 Å². The van der Waals surface area contributed by atoms with Gasteiger partial charge in [0.05, 0.1) is 5.56 Å². The van der Waals surface area contributed by atoms with Crippen LogP contribution in [-0.2, 0) is 6.54 Å². The van der Waals surface area contributed by atoms with Crippen LogP contribution in [0.4, 0.5) is 4.39 Å². The second kappa shape index (κ2) is 8.00. The maximum Gasteiger partial charge on any atom is 0.335 e. The maximum atomic E-state index is 13.9. The zero-order valence-corrected chi connectivity index (χ0v) is 12.5. The van der Waals surface area contributed by atoms with Gasteiger partial charge in [0.25, 0.3) is 0 Å². The summed E-state index contributed by atoms with van der Waals surface area (Å²) in [5.74, 6) is -1.54. The first-order valence-electron chi connectivity index (χ1n) is 7.21. The summed E-state index contributed by atoms with van der Waals surface area (Å²) in [6.45, 7) is 7.80. The summed E-state index contributed by atoms with van der Waals surface area (Å²) in [5.41, 5.74) is 0.550. The molecule has 0 amide bonds. The van der Waals surface area contributed by atoms with E-state index >= 15 is 0 Å². The van der Waals surface area contributed by atoms with E-state index in [1.807, 2.05) is 0 Å². The SMILES string of the molecule is CCCCCN(Cc1ccc(C(=O)O)cc1F)C(C)C. The van der Waals surface area contributed by atoms with Crippen molar-refractivity contribution in [1.82, 2.24) is 4.90 Å². The van der Waals surface area contributed by atoms with E-state index in [1.54, 1.807) is 6.07 Å². The van der Waals surface area contributed by atoms with E-state index in [1.165, 1.54) is 12.5 Å². The molecule has 0 aliphatic heterocycles. The summed E-state index contributed by atoms with van der Waals surface area (Å²) in [6, 6.07) is 4.48. The maximum absolute atomic E-state index is 13.9. The molecule has 112 valence electrons. The lowest BCUT2D eigenvalue weighted by Gasteiger charge is -2.26. The zero-order chi connectivity index (χ0) is 15.1. The predicted octanol–water partition coefficient (Wildman–Crippen LogP) is 3.92. The topological polar surface area (TPSA) is 40.5 Å². The molecule has 0 atom stereocenters. The molecule has 0 aliphatic rings. The zero-order valence-electron chi connectivity index (χ0n) is 12.5. The fourth-order valence-electron chi connectivity index (χ4n) is 2.11. The van der Waals surface area contributed by atoms with Crippen LogP contribution in [0.1, 0.15) is 56.0 Å². The molecule has 0 bridgehead atoms. The number of benzene rings is 1. The van der Waals surface area contributed by atoms with Crippen molar-refractivity contribution in [2.24, 2.45) is 0 Å². The van der Waals surface area contributed by atoms with Crippen LogP contribution < -0.4 is 0 Å². The molecule has 20 heavy (non-hydrogen) atoms. The molecular weight excluding hydrogens is 257 g/mol. The number of rotatable bonds is 8. The first kappa shape index (κ1) is 16.6. The van der Waals surface area contributed by atoms with Crippen LogP contribution in [0.25, 0.3) is 0 Å². The summed E-state index contributed by atoms with van der Waals surface area (Å²) >= 11 is 0. The molecule has 1 aromatic rings. The molecule has 0 aliphatic carbocycles. The standard InChI is InChI=1S/C16H24FNO2/c1-4-5-6-9-18(12(2)3)11-14-8-7-13(16(19)20)10-15(14)17/h7-8,10,12H,4-6,9,11H2,1-3H3,(H,19,20). The third-order valence-electron chi connectivity index (χ3n) is 3.45. The fourth-order valence-corrected chi connectivity index (χ4v) is 2.11. The molecule has 0 saturated carbocycles. The van der Waals surface area contributed by atoms with Gasteiger partial charge < -0.3 is 5.11 Å². The number of unbranched alkanes of at least 4 members (excludes halogenated alkanes) is 2. The molecule has 0 fully saturated rings. The number of aromatic carboxylic acids is 1. The van der Waals surface area contributed by atoms with Crippen molar-refractivity contribution in [3.8, 4) is 0 Å². The van der Waals surface area contributed by atoms with Crippen LogP contribution in [0, 0.1) is 5.82 Å². The molecule has 0 radical (unpaired) electrons. The van der Waals surface area contributed by atoms with Crippen LogP contribution >= 0.6 is 0 Å². The van der Waals surface area contributed by atoms with Crippen LogP contribution in [0.3, 0.4) is 0 Å². The van der Waals surface area contributed by atoms with Gasteiger partial charge in [-0.15, -0.1) is 0 Å². The number of nitrogens with zero attached hydrogens (tertiary/aromatic N) is 1. The minimum Gasteiger partial charge on any atom is -0.478 e. The molecule has 1 N–H and O–H groups in total. The molecule has 0 heterocycles. The van der Waals surface area contributed by atoms with Crippen molar-refractivity contribution in [3.63, 3.8) is 0 Å². The molecule has 0 saturated heterocycles. The van der Waals surface area contributed by atoms with Gasteiger partial charge in [0.2, 0.25) is 0 Å². The number of carboxylic acid groups (broad SMARTS) is 1. The van der Waals surface area contributed by atoms with Crippen LogP contribution in [0.5, 0.6) is 0 Å². The van der Waals surface area contributed by atoms with Crippen molar-refractivity contribution < 1.29 is 14.3 Å². The van der Waals surface area contributed by atoms with E-state index in [9.17, 15) is 9.18 Å². The quantitative estimate of drug-likeness (QED) is 0.734. The van der Waals surface area contributed by atoms with Gasteiger partial charge in [-0.1, -0.05) is 25.8 Å². The van der Waals surface area contributed by atoms with Crippen molar-refractivity contribution in [2.75, 3.05) is 6.54 Å². The summed E-state index contributed by atoms with van der Waals surface area (Å²) in [4.78, 5) is 13.0. The van der Waals surface area contributed by atoms with Gasteiger partial charge >= 0.3 is 5.97 Å². The number of carboxylic acids is 1. The lowest BCUT2D eigenvalue weighted by Crippen LogP contribution is -2.31. The monoisotopic (exact) mass is 281 g/mol. The van der Waals surface area contributed by atoms with E-state index in [4.69, 9.17) is 5.11 Å². The van der Waals surface area contributed by atoms with E-state index in [2.05, 4.69) is 25.7 Å².